The first-order valence-corrected chi connectivity index (χ1v) is 7.54. The van der Waals surface area contributed by atoms with E-state index in [4.69, 9.17) is 5.11 Å². The Bertz CT molecular complexity index is 493. The van der Waals surface area contributed by atoms with Gasteiger partial charge in [0, 0.05) is 19.0 Å². The van der Waals surface area contributed by atoms with Gasteiger partial charge in [0.1, 0.15) is 0 Å². The van der Waals surface area contributed by atoms with Gasteiger partial charge in [0.25, 0.3) is 0 Å². The summed E-state index contributed by atoms with van der Waals surface area (Å²) >= 11 is 0. The number of rotatable bonds is 6. The summed E-state index contributed by atoms with van der Waals surface area (Å²) in [6.45, 7) is 2.83. The van der Waals surface area contributed by atoms with Crippen molar-refractivity contribution in [3.63, 3.8) is 0 Å². The largest absolute Gasteiger partial charge is 0.478 e. The summed E-state index contributed by atoms with van der Waals surface area (Å²) < 4.78 is 0. The number of benzene rings is 1. The first-order chi connectivity index (χ1) is 10.1. The lowest BCUT2D eigenvalue weighted by Gasteiger charge is -2.28. The van der Waals surface area contributed by atoms with Crippen LogP contribution in [0.2, 0.25) is 0 Å². The normalized spacial score (nSPS) is 18.0. The van der Waals surface area contributed by atoms with Crippen LogP contribution in [0.5, 0.6) is 0 Å². The van der Waals surface area contributed by atoms with E-state index in [2.05, 4.69) is 4.90 Å². The third-order valence-corrected chi connectivity index (χ3v) is 3.83. The van der Waals surface area contributed by atoms with Crippen LogP contribution in [0, 0.1) is 0 Å². The minimum absolute atomic E-state index is 0.414. The fourth-order valence-electron chi connectivity index (χ4n) is 2.80. The van der Waals surface area contributed by atoms with E-state index in [1.165, 1.54) is 19.3 Å². The van der Waals surface area contributed by atoms with Gasteiger partial charge in [-0.25, -0.2) is 4.79 Å². The Hall–Kier alpha value is -1.65. The smallest absolute Gasteiger partial charge is 0.328 e. The summed E-state index contributed by atoms with van der Waals surface area (Å²) in [5.41, 5.74) is 1.84. The van der Waals surface area contributed by atoms with Crippen molar-refractivity contribution in [3.8, 4) is 0 Å². The maximum atomic E-state index is 10.6. The minimum atomic E-state index is -0.960. The van der Waals surface area contributed by atoms with E-state index in [0.29, 0.717) is 13.0 Å². The molecule has 1 fully saturated rings. The fraction of sp³-hybridized carbons (Fsp3) is 0.471. The molecule has 4 nitrogen and oxygen atoms in total. The number of β-amino-alcohol motifs (C(OH)–C–C–N with tert-alkyl or cyclic N) is 1. The lowest BCUT2D eigenvalue weighted by atomic mass is 10.0. The van der Waals surface area contributed by atoms with Gasteiger partial charge in [-0.15, -0.1) is 0 Å². The van der Waals surface area contributed by atoms with E-state index in [-0.39, 0.29) is 0 Å². The first-order valence-electron chi connectivity index (χ1n) is 7.54. The number of piperidine rings is 1. The molecule has 0 spiro atoms. The zero-order valence-electron chi connectivity index (χ0n) is 12.2. The summed E-state index contributed by atoms with van der Waals surface area (Å²) in [5.74, 6) is -0.960. The fourth-order valence-corrected chi connectivity index (χ4v) is 2.80. The summed E-state index contributed by atoms with van der Waals surface area (Å²) in [5, 5.41) is 19.0. The van der Waals surface area contributed by atoms with E-state index in [9.17, 15) is 9.90 Å². The molecule has 1 atom stereocenters. The van der Waals surface area contributed by atoms with E-state index in [1.807, 2.05) is 24.3 Å². The van der Waals surface area contributed by atoms with Gasteiger partial charge in [0.15, 0.2) is 0 Å². The Morgan fingerprint density at radius 3 is 2.67 bits per heavy atom. The second-order valence-corrected chi connectivity index (χ2v) is 5.59. The molecule has 0 bridgehead atoms. The quantitative estimate of drug-likeness (QED) is 0.788. The van der Waals surface area contributed by atoms with E-state index in [1.54, 1.807) is 6.08 Å². The van der Waals surface area contributed by atoms with Crippen molar-refractivity contribution in [1.82, 2.24) is 4.90 Å². The van der Waals surface area contributed by atoms with Crippen LogP contribution < -0.4 is 0 Å². The highest BCUT2D eigenvalue weighted by Crippen LogP contribution is 2.15. The standard InChI is InChI=1S/C17H23NO3/c19-16(13-18-10-4-1-5-11-18)12-15-7-3-2-6-14(15)8-9-17(20)21/h2-3,6-9,16,19H,1,4-5,10-13H2,(H,20,21)/b9-8+. The number of aliphatic hydroxyl groups is 1. The molecule has 0 aliphatic carbocycles. The first kappa shape index (κ1) is 15.7. The molecule has 1 unspecified atom stereocenters. The number of aliphatic carboxylic acids is 1. The summed E-state index contributed by atoms with van der Waals surface area (Å²) in [6, 6.07) is 7.62. The minimum Gasteiger partial charge on any atom is -0.478 e. The van der Waals surface area contributed by atoms with Crippen molar-refractivity contribution in [2.45, 2.75) is 31.8 Å². The molecule has 0 amide bonds. The van der Waals surface area contributed by atoms with Gasteiger partial charge in [0.2, 0.25) is 0 Å². The number of likely N-dealkylation sites (tertiary alicyclic amines) is 1. The van der Waals surface area contributed by atoms with Crippen molar-refractivity contribution in [2.75, 3.05) is 19.6 Å². The number of hydrogen-bond donors (Lipinski definition) is 2. The highest BCUT2D eigenvalue weighted by Gasteiger charge is 2.15. The molecule has 1 aliphatic heterocycles. The Balaban J connectivity index is 1.96. The Morgan fingerprint density at radius 1 is 1.24 bits per heavy atom. The molecule has 1 saturated heterocycles. The molecule has 0 saturated carbocycles. The van der Waals surface area contributed by atoms with Gasteiger partial charge in [-0.1, -0.05) is 30.7 Å². The molecule has 0 radical (unpaired) electrons. The molecule has 2 N–H and O–H groups in total. The number of carboxylic acid groups (broad SMARTS) is 1. The molecule has 1 aliphatic rings. The highest BCUT2D eigenvalue weighted by atomic mass is 16.4. The molecule has 1 aromatic rings. The van der Waals surface area contributed by atoms with Gasteiger partial charge in [-0.3, -0.25) is 0 Å². The van der Waals surface area contributed by atoms with Crippen LogP contribution in [0.3, 0.4) is 0 Å². The molecule has 2 rings (SSSR count). The zero-order valence-corrected chi connectivity index (χ0v) is 12.2. The number of carboxylic acids is 1. The predicted octanol–water partition coefficient (Wildman–Crippen LogP) is 2.17. The van der Waals surface area contributed by atoms with Crippen molar-refractivity contribution in [1.29, 1.82) is 0 Å². The average molecular weight is 289 g/mol. The van der Waals surface area contributed by atoms with Gasteiger partial charge in [-0.05, 0) is 43.1 Å². The topological polar surface area (TPSA) is 60.8 Å². The number of aliphatic hydroxyl groups excluding tert-OH is 1. The Morgan fingerprint density at radius 2 is 1.95 bits per heavy atom. The van der Waals surface area contributed by atoms with Crippen molar-refractivity contribution < 1.29 is 15.0 Å². The maximum absolute atomic E-state index is 10.6. The van der Waals surface area contributed by atoms with Crippen LogP contribution in [0.15, 0.2) is 30.3 Å². The predicted molar refractivity (Wildman–Crippen MR) is 83.1 cm³/mol. The highest BCUT2D eigenvalue weighted by molar-refractivity contribution is 5.85. The molecule has 21 heavy (non-hydrogen) atoms. The Labute approximate surface area is 125 Å². The number of nitrogens with zero attached hydrogens (tertiary/aromatic N) is 1. The second kappa shape index (κ2) is 7.96. The van der Waals surface area contributed by atoms with E-state index >= 15 is 0 Å². The third kappa shape index (κ3) is 5.33. The van der Waals surface area contributed by atoms with E-state index in [0.717, 1.165) is 30.3 Å². The van der Waals surface area contributed by atoms with Gasteiger partial charge in [0.05, 0.1) is 6.10 Å². The Kier molecular flexibility index (Phi) is 5.96. The van der Waals surface area contributed by atoms with Crippen LogP contribution in [0.25, 0.3) is 6.08 Å². The maximum Gasteiger partial charge on any atom is 0.328 e. The van der Waals surface area contributed by atoms with Crippen molar-refractivity contribution in [2.24, 2.45) is 0 Å². The lowest BCUT2D eigenvalue weighted by molar-refractivity contribution is -0.131. The molecular formula is C17H23NO3. The van der Waals surface area contributed by atoms with Crippen LogP contribution in [-0.2, 0) is 11.2 Å². The molecule has 4 heteroatoms. The number of carbonyl (C=O) groups is 1. The average Bonchev–Trinajstić information content (AvgIpc) is 2.47. The molecule has 1 aromatic carbocycles. The van der Waals surface area contributed by atoms with Crippen molar-refractivity contribution in [3.05, 3.63) is 41.5 Å². The SMILES string of the molecule is O=C(O)/C=C/c1ccccc1CC(O)CN1CCCCC1. The summed E-state index contributed by atoms with van der Waals surface area (Å²) in [6.07, 6.45) is 6.57. The van der Waals surface area contributed by atoms with Crippen LogP contribution in [-0.4, -0.2) is 46.8 Å². The van der Waals surface area contributed by atoms with E-state index < -0.39 is 12.1 Å². The third-order valence-electron chi connectivity index (χ3n) is 3.83. The number of hydrogen-bond acceptors (Lipinski definition) is 3. The van der Waals surface area contributed by atoms with Crippen LogP contribution in [0.4, 0.5) is 0 Å². The molecular weight excluding hydrogens is 266 g/mol. The molecule has 1 heterocycles. The molecule has 114 valence electrons. The molecule has 0 aromatic heterocycles. The zero-order chi connectivity index (χ0) is 15.1. The summed E-state index contributed by atoms with van der Waals surface area (Å²) in [7, 11) is 0. The van der Waals surface area contributed by atoms with Gasteiger partial charge < -0.3 is 15.1 Å². The van der Waals surface area contributed by atoms with Crippen molar-refractivity contribution >= 4 is 12.0 Å². The lowest BCUT2D eigenvalue weighted by Crippen LogP contribution is -2.37. The van der Waals surface area contributed by atoms with Gasteiger partial charge in [-0.2, -0.15) is 0 Å². The second-order valence-electron chi connectivity index (χ2n) is 5.59. The summed E-state index contributed by atoms with van der Waals surface area (Å²) in [4.78, 5) is 12.9. The van der Waals surface area contributed by atoms with Crippen LogP contribution in [0.1, 0.15) is 30.4 Å². The van der Waals surface area contributed by atoms with Crippen LogP contribution >= 0.6 is 0 Å². The monoisotopic (exact) mass is 289 g/mol. The van der Waals surface area contributed by atoms with Gasteiger partial charge >= 0.3 is 5.97 Å².